The lowest BCUT2D eigenvalue weighted by molar-refractivity contribution is 0.433. The summed E-state index contributed by atoms with van der Waals surface area (Å²) in [5.74, 6) is 0.973. The van der Waals surface area contributed by atoms with Crippen molar-refractivity contribution in [1.29, 1.82) is 0 Å². The summed E-state index contributed by atoms with van der Waals surface area (Å²) in [6, 6.07) is 0.770. The van der Waals surface area contributed by atoms with E-state index in [0.717, 1.165) is 25.0 Å². The average Bonchev–Trinajstić information content (AvgIpc) is 3.01. The number of rotatable bonds is 8. The van der Waals surface area contributed by atoms with Gasteiger partial charge in [0.1, 0.15) is 0 Å². The molecule has 1 fully saturated rings. The molecule has 0 radical (unpaired) electrons. The molecule has 16 heavy (non-hydrogen) atoms. The van der Waals surface area contributed by atoms with Crippen LogP contribution in [0.2, 0.25) is 0 Å². The Morgan fingerprint density at radius 1 is 1.44 bits per heavy atom. The molecule has 90 valence electrons. The largest absolute Gasteiger partial charge is 0.314 e. The number of aryl methyl sites for hydroxylation is 1. The Morgan fingerprint density at radius 3 is 2.94 bits per heavy atom. The van der Waals surface area contributed by atoms with Gasteiger partial charge < -0.3 is 5.32 Å². The third kappa shape index (κ3) is 3.59. The van der Waals surface area contributed by atoms with Gasteiger partial charge in [0.2, 0.25) is 0 Å². The van der Waals surface area contributed by atoms with Crippen molar-refractivity contribution >= 4 is 0 Å². The maximum Gasteiger partial charge on any atom is 0.0692 e. The summed E-state index contributed by atoms with van der Waals surface area (Å²) < 4.78 is 1.90. The molecule has 4 nitrogen and oxygen atoms in total. The Labute approximate surface area is 97.4 Å². The van der Waals surface area contributed by atoms with E-state index in [1.807, 2.05) is 10.9 Å². The van der Waals surface area contributed by atoms with E-state index in [0.29, 0.717) is 0 Å². The van der Waals surface area contributed by atoms with Gasteiger partial charge in [-0.2, -0.15) is 0 Å². The Morgan fingerprint density at radius 2 is 2.31 bits per heavy atom. The summed E-state index contributed by atoms with van der Waals surface area (Å²) in [7, 11) is 0. The van der Waals surface area contributed by atoms with E-state index < -0.39 is 0 Å². The van der Waals surface area contributed by atoms with Crippen molar-refractivity contribution in [3.05, 3.63) is 12.4 Å². The highest BCUT2D eigenvalue weighted by molar-refractivity contribution is 4.85. The quantitative estimate of drug-likeness (QED) is 0.682. The summed E-state index contributed by atoms with van der Waals surface area (Å²) >= 11 is 0. The second kappa shape index (κ2) is 5.99. The van der Waals surface area contributed by atoms with E-state index in [2.05, 4.69) is 22.6 Å². The van der Waals surface area contributed by atoms with Crippen molar-refractivity contribution in [2.45, 2.75) is 51.6 Å². The first-order valence-corrected chi connectivity index (χ1v) is 6.47. The van der Waals surface area contributed by atoms with Gasteiger partial charge in [-0.3, -0.25) is 4.68 Å². The highest BCUT2D eigenvalue weighted by Gasteiger charge is 2.28. The molecule has 0 spiro atoms. The monoisotopic (exact) mass is 222 g/mol. The number of unbranched alkanes of at least 4 members (excludes halogenated alkanes) is 1. The second-order valence-electron chi connectivity index (χ2n) is 4.68. The summed E-state index contributed by atoms with van der Waals surface area (Å²) in [6.07, 6.45) is 10.2. The summed E-state index contributed by atoms with van der Waals surface area (Å²) in [5, 5.41) is 11.4. The number of aromatic nitrogens is 3. The fourth-order valence-corrected chi connectivity index (χ4v) is 2.18. The Hall–Kier alpha value is -0.900. The molecule has 4 heteroatoms. The van der Waals surface area contributed by atoms with Crippen LogP contribution in [0.25, 0.3) is 0 Å². The normalized spacial score (nSPS) is 17.6. The molecule has 2 rings (SSSR count). The Kier molecular flexibility index (Phi) is 4.34. The van der Waals surface area contributed by atoms with E-state index in [4.69, 9.17) is 0 Å². The van der Waals surface area contributed by atoms with Crippen molar-refractivity contribution < 1.29 is 0 Å². The van der Waals surface area contributed by atoms with Crippen molar-refractivity contribution in [3.8, 4) is 0 Å². The molecule has 1 aromatic rings. The van der Waals surface area contributed by atoms with Gasteiger partial charge in [-0.25, -0.2) is 0 Å². The molecule has 0 saturated heterocycles. The lowest BCUT2D eigenvalue weighted by atomic mass is 10.1. The molecule has 0 bridgehead atoms. The minimum Gasteiger partial charge on any atom is -0.314 e. The Balaban J connectivity index is 1.51. The van der Waals surface area contributed by atoms with Gasteiger partial charge in [0.25, 0.3) is 0 Å². The van der Waals surface area contributed by atoms with Crippen LogP contribution in [0, 0.1) is 5.92 Å². The molecule has 1 heterocycles. The standard InChI is InChI=1S/C12H22N4/c1-2-12(11-5-6-11)13-7-3-4-9-16-10-8-14-15-16/h8,10-13H,2-7,9H2,1H3. The van der Waals surface area contributed by atoms with Gasteiger partial charge in [-0.05, 0) is 44.6 Å². The van der Waals surface area contributed by atoms with E-state index in [-0.39, 0.29) is 0 Å². The van der Waals surface area contributed by atoms with Crippen LogP contribution in [0.4, 0.5) is 0 Å². The zero-order valence-electron chi connectivity index (χ0n) is 10.1. The fourth-order valence-electron chi connectivity index (χ4n) is 2.18. The SMILES string of the molecule is CCC(NCCCCn1ccnn1)C1CC1. The molecule has 1 unspecified atom stereocenters. The minimum atomic E-state index is 0.770. The number of nitrogens with zero attached hydrogens (tertiary/aromatic N) is 3. The average molecular weight is 222 g/mol. The van der Waals surface area contributed by atoms with E-state index in [1.54, 1.807) is 6.20 Å². The number of hydrogen-bond donors (Lipinski definition) is 1. The van der Waals surface area contributed by atoms with Crippen LogP contribution in [0.3, 0.4) is 0 Å². The zero-order valence-corrected chi connectivity index (χ0v) is 10.1. The van der Waals surface area contributed by atoms with Crippen LogP contribution < -0.4 is 5.32 Å². The molecule has 1 aromatic heterocycles. The lowest BCUT2D eigenvalue weighted by Gasteiger charge is -2.15. The molecule has 1 aliphatic carbocycles. The van der Waals surface area contributed by atoms with Crippen LogP contribution in [0.15, 0.2) is 12.4 Å². The lowest BCUT2D eigenvalue weighted by Crippen LogP contribution is -2.31. The number of hydrogen-bond acceptors (Lipinski definition) is 3. The van der Waals surface area contributed by atoms with Gasteiger partial charge in [-0.15, -0.1) is 5.10 Å². The topological polar surface area (TPSA) is 42.7 Å². The fraction of sp³-hybridized carbons (Fsp3) is 0.833. The van der Waals surface area contributed by atoms with Gasteiger partial charge in [0.05, 0.1) is 6.20 Å². The third-order valence-corrected chi connectivity index (χ3v) is 3.32. The zero-order chi connectivity index (χ0) is 11.2. The third-order valence-electron chi connectivity index (χ3n) is 3.32. The van der Waals surface area contributed by atoms with Crippen molar-refractivity contribution in [3.63, 3.8) is 0 Å². The van der Waals surface area contributed by atoms with Gasteiger partial charge in [-0.1, -0.05) is 12.1 Å². The van der Waals surface area contributed by atoms with Crippen LogP contribution >= 0.6 is 0 Å². The minimum absolute atomic E-state index is 0.770. The maximum atomic E-state index is 3.95. The van der Waals surface area contributed by atoms with Gasteiger partial charge >= 0.3 is 0 Å². The van der Waals surface area contributed by atoms with E-state index in [1.165, 1.54) is 32.1 Å². The van der Waals surface area contributed by atoms with E-state index >= 15 is 0 Å². The predicted molar refractivity (Wildman–Crippen MR) is 64.1 cm³/mol. The van der Waals surface area contributed by atoms with Crippen molar-refractivity contribution in [2.75, 3.05) is 6.54 Å². The molecular formula is C12H22N4. The highest BCUT2D eigenvalue weighted by atomic mass is 15.4. The summed E-state index contributed by atoms with van der Waals surface area (Å²) in [5.41, 5.74) is 0. The Bertz CT molecular complexity index is 279. The first kappa shape index (κ1) is 11.6. The molecule has 1 saturated carbocycles. The molecular weight excluding hydrogens is 200 g/mol. The summed E-state index contributed by atoms with van der Waals surface area (Å²) in [4.78, 5) is 0. The van der Waals surface area contributed by atoms with Crippen molar-refractivity contribution in [2.24, 2.45) is 5.92 Å². The summed E-state index contributed by atoms with van der Waals surface area (Å²) in [6.45, 7) is 4.41. The van der Waals surface area contributed by atoms with Crippen LogP contribution in [0.1, 0.15) is 39.0 Å². The van der Waals surface area contributed by atoms with Gasteiger partial charge in [0, 0.05) is 18.8 Å². The van der Waals surface area contributed by atoms with E-state index in [9.17, 15) is 0 Å². The molecule has 0 aromatic carbocycles. The molecule has 1 aliphatic rings. The molecule has 0 aliphatic heterocycles. The molecule has 1 N–H and O–H groups in total. The first-order valence-electron chi connectivity index (χ1n) is 6.47. The number of nitrogens with one attached hydrogen (secondary N) is 1. The van der Waals surface area contributed by atoms with Crippen molar-refractivity contribution in [1.82, 2.24) is 20.3 Å². The van der Waals surface area contributed by atoms with Crippen LogP contribution in [0.5, 0.6) is 0 Å². The molecule has 1 atom stereocenters. The second-order valence-corrected chi connectivity index (χ2v) is 4.68. The van der Waals surface area contributed by atoms with Crippen LogP contribution in [-0.2, 0) is 6.54 Å². The first-order chi connectivity index (χ1) is 7.90. The van der Waals surface area contributed by atoms with Crippen LogP contribution in [-0.4, -0.2) is 27.6 Å². The predicted octanol–water partition coefficient (Wildman–Crippen LogP) is 1.84. The maximum absolute atomic E-state index is 3.95. The smallest absolute Gasteiger partial charge is 0.0692 e. The molecule has 0 amide bonds. The highest BCUT2D eigenvalue weighted by Crippen LogP contribution is 2.33. The van der Waals surface area contributed by atoms with Gasteiger partial charge in [0.15, 0.2) is 0 Å².